The molecule has 2 aliphatic heterocycles. The number of ether oxygens (including phenoxy) is 3. The lowest BCUT2D eigenvalue weighted by molar-refractivity contribution is 0.0383. The number of phenols is 1. The fourth-order valence-corrected chi connectivity index (χ4v) is 7.58. The molecule has 0 radical (unpaired) electrons. The summed E-state index contributed by atoms with van der Waals surface area (Å²) in [7, 11) is 3.14. The maximum absolute atomic E-state index is 13.2. The Kier molecular flexibility index (Phi) is 8.68. The average molecular weight is 648 g/mol. The summed E-state index contributed by atoms with van der Waals surface area (Å²) >= 11 is 0. The van der Waals surface area contributed by atoms with Crippen molar-refractivity contribution in [3.8, 4) is 28.4 Å². The van der Waals surface area contributed by atoms with Gasteiger partial charge in [-0.3, -0.25) is 15.1 Å². The first-order valence-electron chi connectivity index (χ1n) is 16.4. The molecule has 1 aliphatic carbocycles. The summed E-state index contributed by atoms with van der Waals surface area (Å²) in [6.07, 6.45) is 0.839. The topological polar surface area (TPSA) is 142 Å². The molecule has 4 aromatic carbocycles. The number of nitrogens with two attached hydrogens (primary N) is 1. The lowest BCUT2D eigenvalue weighted by atomic mass is 9.74. The summed E-state index contributed by atoms with van der Waals surface area (Å²) in [5, 5.41) is 26.0. The number of fused-ring (bicyclic) bond motifs is 5. The summed E-state index contributed by atoms with van der Waals surface area (Å²) in [5.74, 6) is 0.956. The second-order valence-electron chi connectivity index (χ2n) is 12.6. The van der Waals surface area contributed by atoms with Crippen LogP contribution in [0.3, 0.4) is 0 Å². The molecule has 1 fully saturated rings. The van der Waals surface area contributed by atoms with Gasteiger partial charge in [0.05, 0.1) is 33.5 Å². The second kappa shape index (κ2) is 13.2. The maximum atomic E-state index is 13.2. The highest BCUT2D eigenvalue weighted by Gasteiger charge is 2.44. The Balaban J connectivity index is 1.26. The Hall–Kier alpha value is -5.06. The zero-order valence-corrected chi connectivity index (χ0v) is 27.2. The number of carbonyl (C=O) groups excluding carboxylic acids is 1. The Morgan fingerprint density at radius 2 is 1.73 bits per heavy atom. The third-order valence-electron chi connectivity index (χ3n) is 9.97. The Bertz CT molecular complexity index is 1870. The molecule has 1 saturated heterocycles. The van der Waals surface area contributed by atoms with E-state index >= 15 is 0 Å². The molecule has 3 unspecified atom stereocenters. The fraction of sp³-hybridized carbons (Fsp3) is 0.316. The second-order valence-corrected chi connectivity index (χ2v) is 12.6. The van der Waals surface area contributed by atoms with Crippen LogP contribution in [0.25, 0.3) is 11.1 Å². The predicted molar refractivity (Wildman–Crippen MR) is 186 cm³/mol. The molecule has 3 aliphatic rings. The third-order valence-corrected chi connectivity index (χ3v) is 9.97. The average Bonchev–Trinajstić information content (AvgIpc) is 3.51. The van der Waals surface area contributed by atoms with E-state index in [0.29, 0.717) is 42.4 Å². The van der Waals surface area contributed by atoms with Gasteiger partial charge in [-0.05, 0) is 88.7 Å². The van der Waals surface area contributed by atoms with Crippen molar-refractivity contribution in [2.45, 2.75) is 18.4 Å². The van der Waals surface area contributed by atoms with Gasteiger partial charge in [0, 0.05) is 54.5 Å². The van der Waals surface area contributed by atoms with Crippen LogP contribution in [0.4, 0.5) is 5.69 Å². The number of hydrogen-bond donors (Lipinski definition) is 5. The van der Waals surface area contributed by atoms with E-state index in [1.54, 1.807) is 32.4 Å². The van der Waals surface area contributed by atoms with E-state index in [1.807, 2.05) is 30.3 Å². The number of hydrogen-bond acceptors (Lipinski definition) is 8. The smallest absolute Gasteiger partial charge is 0.251 e. The van der Waals surface area contributed by atoms with E-state index in [2.05, 4.69) is 39.8 Å². The number of methoxy groups -OCH3 is 2. The molecule has 0 bridgehead atoms. The van der Waals surface area contributed by atoms with Crippen molar-refractivity contribution in [3.63, 3.8) is 0 Å². The Labute approximate surface area is 280 Å². The summed E-state index contributed by atoms with van der Waals surface area (Å²) < 4.78 is 16.9. The van der Waals surface area contributed by atoms with E-state index in [4.69, 9.17) is 25.4 Å². The summed E-state index contributed by atoms with van der Waals surface area (Å²) in [5.41, 5.74) is 14.2. The Morgan fingerprint density at radius 1 is 0.958 bits per heavy atom. The van der Waals surface area contributed by atoms with Gasteiger partial charge in [-0.25, -0.2) is 0 Å². The molecule has 0 aromatic heterocycles. The van der Waals surface area contributed by atoms with Crippen LogP contribution in [-0.4, -0.2) is 75.4 Å². The van der Waals surface area contributed by atoms with Crippen molar-refractivity contribution in [3.05, 3.63) is 106 Å². The number of benzene rings is 4. The molecule has 10 heteroatoms. The van der Waals surface area contributed by atoms with E-state index in [1.165, 1.54) is 11.1 Å². The number of aromatic hydroxyl groups is 1. The van der Waals surface area contributed by atoms with Crippen LogP contribution < -0.4 is 25.8 Å². The number of amidine groups is 1. The number of amides is 1. The number of nitrogens with one attached hydrogen (secondary N) is 3. The van der Waals surface area contributed by atoms with Crippen molar-refractivity contribution in [1.82, 2.24) is 10.2 Å². The van der Waals surface area contributed by atoms with Gasteiger partial charge in [0.15, 0.2) is 11.5 Å². The number of carbonyl (C=O) groups is 1. The van der Waals surface area contributed by atoms with Gasteiger partial charge in [0.2, 0.25) is 0 Å². The minimum atomic E-state index is -0.173. The largest absolute Gasteiger partial charge is 0.504 e. The highest BCUT2D eigenvalue weighted by Crippen LogP contribution is 2.56. The van der Waals surface area contributed by atoms with Gasteiger partial charge in [0.1, 0.15) is 11.6 Å². The number of morpholine rings is 1. The fourth-order valence-electron chi connectivity index (χ4n) is 7.58. The highest BCUT2D eigenvalue weighted by molar-refractivity contribution is 5.96. The molecule has 3 atom stereocenters. The molecule has 0 saturated carbocycles. The van der Waals surface area contributed by atoms with Crippen LogP contribution in [0, 0.1) is 11.3 Å². The zero-order valence-electron chi connectivity index (χ0n) is 27.2. The van der Waals surface area contributed by atoms with Crippen LogP contribution in [0.1, 0.15) is 50.1 Å². The van der Waals surface area contributed by atoms with Crippen LogP contribution in [0.15, 0.2) is 72.8 Å². The molecule has 0 spiro atoms. The van der Waals surface area contributed by atoms with Gasteiger partial charge in [-0.2, -0.15) is 0 Å². The number of nitrogens with zero attached hydrogens (tertiary/aromatic N) is 1. The first-order chi connectivity index (χ1) is 23.4. The van der Waals surface area contributed by atoms with Gasteiger partial charge in [0.25, 0.3) is 5.91 Å². The number of phenolic OH excluding ortho intramolecular Hbond substituents is 1. The lowest BCUT2D eigenvalue weighted by Crippen LogP contribution is -2.41. The van der Waals surface area contributed by atoms with E-state index in [0.717, 1.165) is 54.0 Å². The van der Waals surface area contributed by atoms with Crippen molar-refractivity contribution in [2.24, 2.45) is 11.7 Å². The third kappa shape index (κ3) is 5.82. The molecule has 2 heterocycles. The van der Waals surface area contributed by atoms with Crippen molar-refractivity contribution in [2.75, 3.05) is 58.9 Å². The molecular formula is C38H41N5O5. The molecular weight excluding hydrogens is 606 g/mol. The monoisotopic (exact) mass is 647 g/mol. The number of nitrogen functional groups attached to an aromatic ring is 1. The highest BCUT2D eigenvalue weighted by atomic mass is 16.5. The zero-order chi connectivity index (χ0) is 33.4. The standard InChI is InChI=1S/C38H41N5O5/c1-46-33-19-24(38(45)41-11-12-43-13-15-48-16-14-43)7-9-26(33)27-20-32(44)34(47-2)21-28(27)36-30-17-22-5-3-4-6-25(22)35(30)29-18-23(37(39)40)8-10-31(29)42-36/h3-10,18-21,30,35-36,42,44H,11-17H2,1-2H3,(H3,39,40)(H,41,45). The molecule has 7 rings (SSSR count). The van der Waals surface area contributed by atoms with Crippen molar-refractivity contribution in [1.29, 1.82) is 5.41 Å². The summed E-state index contributed by atoms with van der Waals surface area (Å²) in [4.78, 5) is 15.4. The molecule has 6 N–H and O–H groups in total. The van der Waals surface area contributed by atoms with Gasteiger partial charge < -0.3 is 35.7 Å². The molecule has 10 nitrogen and oxygen atoms in total. The molecule has 248 valence electrons. The molecule has 1 amide bonds. The van der Waals surface area contributed by atoms with E-state index in [9.17, 15) is 9.90 Å². The molecule has 48 heavy (non-hydrogen) atoms. The minimum absolute atomic E-state index is 0.0109. The summed E-state index contributed by atoms with van der Waals surface area (Å²) in [6, 6.07) is 23.3. The quantitative estimate of drug-likeness (QED) is 0.128. The van der Waals surface area contributed by atoms with Gasteiger partial charge in [-0.15, -0.1) is 0 Å². The normalized spacial score (nSPS) is 19.8. The van der Waals surface area contributed by atoms with E-state index < -0.39 is 0 Å². The van der Waals surface area contributed by atoms with Gasteiger partial charge >= 0.3 is 0 Å². The minimum Gasteiger partial charge on any atom is -0.504 e. The van der Waals surface area contributed by atoms with Crippen LogP contribution in [0.2, 0.25) is 0 Å². The predicted octanol–water partition coefficient (Wildman–Crippen LogP) is 4.89. The van der Waals surface area contributed by atoms with Crippen molar-refractivity contribution < 1.29 is 24.1 Å². The first-order valence-corrected chi connectivity index (χ1v) is 16.4. The Morgan fingerprint density at radius 3 is 2.50 bits per heavy atom. The molecule has 4 aromatic rings. The number of anilines is 1. The first kappa shape index (κ1) is 31.5. The summed E-state index contributed by atoms with van der Waals surface area (Å²) in [6.45, 7) is 4.46. The lowest BCUT2D eigenvalue weighted by Gasteiger charge is -2.39. The maximum Gasteiger partial charge on any atom is 0.251 e. The van der Waals surface area contributed by atoms with Crippen LogP contribution >= 0.6 is 0 Å². The van der Waals surface area contributed by atoms with Crippen LogP contribution in [-0.2, 0) is 11.2 Å². The van der Waals surface area contributed by atoms with Gasteiger partial charge in [-0.1, -0.05) is 24.3 Å². The van der Waals surface area contributed by atoms with Crippen molar-refractivity contribution >= 4 is 17.4 Å². The number of rotatable bonds is 9. The van der Waals surface area contributed by atoms with E-state index in [-0.39, 0.29) is 35.4 Å². The SMILES string of the molecule is COc1cc(C2Nc3ccc(C(=N)N)cc3C3c4ccccc4CC23)c(-c2ccc(C(=O)NCCN3CCOCC3)cc2OC)cc1O. The van der Waals surface area contributed by atoms with Crippen LogP contribution in [0.5, 0.6) is 17.2 Å².